The van der Waals surface area contributed by atoms with Crippen LogP contribution in [0.15, 0.2) is 5.38 Å². The van der Waals surface area contributed by atoms with Crippen LogP contribution in [0.1, 0.15) is 30.4 Å². The van der Waals surface area contributed by atoms with Crippen LogP contribution in [0.4, 0.5) is 11.4 Å². The Bertz CT molecular complexity index is 493. The van der Waals surface area contributed by atoms with E-state index in [1.54, 1.807) is 10.3 Å². The van der Waals surface area contributed by atoms with Crippen molar-refractivity contribution >= 4 is 34.6 Å². The van der Waals surface area contributed by atoms with Crippen molar-refractivity contribution in [1.29, 1.82) is 0 Å². The van der Waals surface area contributed by atoms with Gasteiger partial charge in [-0.15, -0.1) is 11.3 Å². The number of amides is 1. The zero-order valence-electron chi connectivity index (χ0n) is 9.90. The van der Waals surface area contributed by atoms with E-state index >= 15 is 0 Å². The quantitative estimate of drug-likeness (QED) is 0.804. The van der Waals surface area contributed by atoms with Crippen molar-refractivity contribution in [3.8, 4) is 0 Å². The van der Waals surface area contributed by atoms with Crippen molar-refractivity contribution in [2.45, 2.75) is 26.3 Å². The summed E-state index contributed by atoms with van der Waals surface area (Å²) in [6.07, 6.45) is 0. The lowest BCUT2D eigenvalue weighted by Gasteiger charge is -2.39. The van der Waals surface area contributed by atoms with E-state index in [-0.39, 0.29) is 16.3 Å². The van der Waals surface area contributed by atoms with Gasteiger partial charge in [-0.2, -0.15) is 0 Å². The summed E-state index contributed by atoms with van der Waals surface area (Å²) in [6.45, 7) is 5.90. The van der Waals surface area contributed by atoms with Crippen LogP contribution >= 0.6 is 11.3 Å². The molecular weight excluding hydrogens is 240 g/mol. The van der Waals surface area contributed by atoms with Crippen molar-refractivity contribution in [3.63, 3.8) is 0 Å². The Balaban J connectivity index is 2.54. The van der Waals surface area contributed by atoms with Crippen LogP contribution in [0.3, 0.4) is 0 Å². The maximum atomic E-state index is 11.6. The summed E-state index contributed by atoms with van der Waals surface area (Å²) in [5, 5.41) is 14.0. The maximum Gasteiger partial charge on any atom is 0.348 e. The monoisotopic (exact) mass is 254 g/mol. The van der Waals surface area contributed by atoms with Crippen LogP contribution in [-0.4, -0.2) is 29.1 Å². The first-order valence-electron chi connectivity index (χ1n) is 5.23. The Kier molecular flexibility index (Phi) is 2.61. The van der Waals surface area contributed by atoms with E-state index in [2.05, 4.69) is 5.32 Å². The molecule has 2 heterocycles. The fourth-order valence-electron chi connectivity index (χ4n) is 1.96. The summed E-state index contributed by atoms with van der Waals surface area (Å²) in [4.78, 5) is 24.5. The first-order valence-corrected chi connectivity index (χ1v) is 6.11. The molecule has 5 nitrogen and oxygen atoms in total. The molecule has 0 aromatic carbocycles. The summed E-state index contributed by atoms with van der Waals surface area (Å²) in [5.74, 6) is -1.04. The molecule has 2 N–H and O–H groups in total. The molecule has 0 unspecified atom stereocenters. The zero-order valence-corrected chi connectivity index (χ0v) is 10.7. The summed E-state index contributed by atoms with van der Waals surface area (Å²) in [5.41, 5.74) is 0.886. The minimum Gasteiger partial charge on any atom is -0.477 e. The SMILES string of the molecule is CC(=O)N1CC(C)(C)Nc2c1csc2C(=O)O. The summed E-state index contributed by atoms with van der Waals surface area (Å²) < 4.78 is 0. The number of nitrogens with zero attached hydrogens (tertiary/aromatic N) is 1. The lowest BCUT2D eigenvalue weighted by atomic mass is 10.00. The van der Waals surface area contributed by atoms with Crippen LogP contribution in [0, 0.1) is 0 Å². The van der Waals surface area contributed by atoms with Crippen LogP contribution in [-0.2, 0) is 4.79 Å². The average molecular weight is 254 g/mol. The Morgan fingerprint density at radius 3 is 2.71 bits per heavy atom. The van der Waals surface area contributed by atoms with Gasteiger partial charge in [0, 0.05) is 24.4 Å². The van der Waals surface area contributed by atoms with Gasteiger partial charge < -0.3 is 15.3 Å². The lowest BCUT2D eigenvalue weighted by molar-refractivity contribution is -0.116. The van der Waals surface area contributed by atoms with E-state index in [1.165, 1.54) is 6.92 Å². The number of hydrogen-bond donors (Lipinski definition) is 2. The molecular formula is C11H14N2O3S. The fraction of sp³-hybridized carbons (Fsp3) is 0.455. The third-order valence-corrected chi connectivity index (χ3v) is 3.61. The van der Waals surface area contributed by atoms with Crippen molar-refractivity contribution in [1.82, 2.24) is 0 Å². The number of aromatic carboxylic acids is 1. The zero-order chi connectivity index (χ0) is 12.8. The number of fused-ring (bicyclic) bond motifs is 1. The average Bonchev–Trinajstić information content (AvgIpc) is 2.57. The Morgan fingerprint density at radius 1 is 1.53 bits per heavy atom. The summed E-state index contributed by atoms with van der Waals surface area (Å²) in [7, 11) is 0. The number of thiophene rings is 1. The molecule has 1 aliphatic rings. The Hall–Kier alpha value is -1.56. The van der Waals surface area contributed by atoms with Gasteiger partial charge in [-0.1, -0.05) is 0 Å². The van der Waals surface area contributed by atoms with Crippen LogP contribution < -0.4 is 10.2 Å². The van der Waals surface area contributed by atoms with Crippen molar-refractivity contribution in [2.75, 3.05) is 16.8 Å². The van der Waals surface area contributed by atoms with Gasteiger partial charge in [0.25, 0.3) is 0 Å². The molecule has 2 rings (SSSR count). The highest BCUT2D eigenvalue weighted by Gasteiger charge is 2.35. The molecule has 0 fully saturated rings. The molecule has 0 spiro atoms. The van der Waals surface area contributed by atoms with Crippen molar-refractivity contribution < 1.29 is 14.7 Å². The molecule has 0 radical (unpaired) electrons. The molecule has 0 saturated heterocycles. The van der Waals surface area contributed by atoms with Crippen LogP contribution in [0.25, 0.3) is 0 Å². The van der Waals surface area contributed by atoms with E-state index in [1.807, 2.05) is 13.8 Å². The highest BCUT2D eigenvalue weighted by Crippen LogP contribution is 2.41. The molecule has 0 atom stereocenters. The minimum atomic E-state index is -0.968. The van der Waals surface area contributed by atoms with E-state index in [9.17, 15) is 9.59 Å². The second-order valence-corrected chi connectivity index (χ2v) is 5.62. The highest BCUT2D eigenvalue weighted by atomic mass is 32.1. The number of carbonyl (C=O) groups excluding carboxylic acids is 1. The third kappa shape index (κ3) is 2.00. The van der Waals surface area contributed by atoms with Gasteiger partial charge in [-0.05, 0) is 13.8 Å². The molecule has 1 aromatic rings. The molecule has 0 saturated carbocycles. The first-order chi connectivity index (χ1) is 7.82. The van der Waals surface area contributed by atoms with Gasteiger partial charge >= 0.3 is 5.97 Å². The number of nitrogens with one attached hydrogen (secondary N) is 1. The fourth-order valence-corrected chi connectivity index (χ4v) is 2.81. The molecule has 1 aromatic heterocycles. The Labute approximate surface area is 103 Å². The standard InChI is InChI=1S/C11H14N2O3S/c1-6(14)13-5-11(2,3)12-8-7(13)4-17-9(8)10(15)16/h4,12H,5H2,1-3H3,(H,15,16). The van der Waals surface area contributed by atoms with E-state index in [4.69, 9.17) is 5.11 Å². The first kappa shape index (κ1) is 11.9. The lowest BCUT2D eigenvalue weighted by Crippen LogP contribution is -2.50. The smallest absolute Gasteiger partial charge is 0.348 e. The molecule has 6 heteroatoms. The normalized spacial score (nSPS) is 17.2. The molecule has 1 amide bonds. The number of carboxylic acid groups (broad SMARTS) is 1. The highest BCUT2D eigenvalue weighted by molar-refractivity contribution is 7.13. The van der Waals surface area contributed by atoms with E-state index < -0.39 is 5.97 Å². The Morgan fingerprint density at radius 2 is 2.18 bits per heavy atom. The predicted molar refractivity (Wildman–Crippen MR) is 67.0 cm³/mol. The summed E-state index contributed by atoms with van der Waals surface area (Å²) in [6, 6.07) is 0. The molecule has 0 bridgehead atoms. The van der Waals surface area contributed by atoms with Gasteiger partial charge in [-0.3, -0.25) is 4.79 Å². The van der Waals surface area contributed by atoms with Crippen LogP contribution in [0.2, 0.25) is 0 Å². The molecule has 92 valence electrons. The predicted octanol–water partition coefficient (Wildman–Crippen LogP) is 2.00. The molecule has 1 aliphatic heterocycles. The van der Waals surface area contributed by atoms with Gasteiger partial charge in [0.05, 0.1) is 11.4 Å². The van der Waals surface area contributed by atoms with Crippen LogP contribution in [0.5, 0.6) is 0 Å². The second kappa shape index (κ2) is 3.73. The number of carboxylic acids is 1. The van der Waals surface area contributed by atoms with Crippen molar-refractivity contribution in [2.24, 2.45) is 0 Å². The molecule has 0 aliphatic carbocycles. The number of carbonyl (C=O) groups is 2. The van der Waals surface area contributed by atoms with Gasteiger partial charge in [0.15, 0.2) is 0 Å². The van der Waals surface area contributed by atoms with Gasteiger partial charge in [0.2, 0.25) is 5.91 Å². The summed E-state index contributed by atoms with van der Waals surface area (Å²) >= 11 is 1.14. The van der Waals surface area contributed by atoms with Crippen molar-refractivity contribution in [3.05, 3.63) is 10.3 Å². The maximum absolute atomic E-state index is 11.6. The number of hydrogen-bond acceptors (Lipinski definition) is 4. The van der Waals surface area contributed by atoms with Gasteiger partial charge in [-0.25, -0.2) is 4.79 Å². The molecule has 17 heavy (non-hydrogen) atoms. The topological polar surface area (TPSA) is 69.6 Å². The van der Waals surface area contributed by atoms with E-state index in [0.717, 1.165) is 11.3 Å². The number of anilines is 2. The van der Waals surface area contributed by atoms with Gasteiger partial charge in [0.1, 0.15) is 4.88 Å². The number of rotatable bonds is 1. The second-order valence-electron chi connectivity index (χ2n) is 4.74. The van der Waals surface area contributed by atoms with E-state index in [0.29, 0.717) is 17.9 Å². The minimum absolute atomic E-state index is 0.0736. The third-order valence-electron chi connectivity index (χ3n) is 2.65. The largest absolute Gasteiger partial charge is 0.477 e.